The molecule has 30 heavy (non-hydrogen) atoms. The normalized spacial score (nSPS) is 19.7. The second-order valence-electron chi connectivity index (χ2n) is 7.62. The average Bonchev–Trinajstić information content (AvgIpc) is 2.75. The molecule has 0 aromatic heterocycles. The van der Waals surface area contributed by atoms with Gasteiger partial charge in [0.25, 0.3) is 10.1 Å². The van der Waals surface area contributed by atoms with Crippen LogP contribution in [0.2, 0.25) is 0 Å². The summed E-state index contributed by atoms with van der Waals surface area (Å²) in [4.78, 5) is 0.218. The maximum Gasteiger partial charge on any atom is 0.297 e. The maximum absolute atomic E-state index is 12.5. The summed E-state index contributed by atoms with van der Waals surface area (Å²) in [6.07, 6.45) is 2.56. The molecule has 0 atom stereocenters. The molecule has 1 aliphatic carbocycles. The Balaban J connectivity index is 1.51. The third-order valence-corrected chi connectivity index (χ3v) is 6.89. The fourth-order valence-electron chi connectivity index (χ4n) is 3.66. The van der Waals surface area contributed by atoms with Crippen LogP contribution in [0.15, 0.2) is 53.4 Å². The highest BCUT2D eigenvalue weighted by Gasteiger charge is 2.27. The molecule has 7 heteroatoms. The van der Waals surface area contributed by atoms with Crippen molar-refractivity contribution < 1.29 is 26.8 Å². The standard InChI is InChI=1S/C23H30O6S/c1-17-4-14-22(15-5-17)30(24,25)29-21-12-8-19(9-13-21)18-6-10-20(11-7-18)28-16-23(26-2)27-3/h4-7,10-11,14-15,19,21,23H,8-9,12-13,16H2,1-3H3. The van der Waals surface area contributed by atoms with Crippen LogP contribution in [0, 0.1) is 6.92 Å². The first-order valence-corrected chi connectivity index (χ1v) is 11.6. The van der Waals surface area contributed by atoms with E-state index in [1.807, 2.05) is 19.1 Å². The summed E-state index contributed by atoms with van der Waals surface area (Å²) in [5.41, 5.74) is 2.25. The monoisotopic (exact) mass is 434 g/mol. The summed E-state index contributed by atoms with van der Waals surface area (Å²) in [7, 11) is -0.567. The molecule has 164 valence electrons. The van der Waals surface area contributed by atoms with Crippen molar-refractivity contribution in [3.8, 4) is 5.75 Å². The lowest BCUT2D eigenvalue weighted by molar-refractivity contribution is -0.121. The SMILES string of the molecule is COC(COc1ccc(C2CCC(OS(=O)(=O)c3ccc(C)cc3)CC2)cc1)OC. The van der Waals surface area contributed by atoms with Crippen molar-refractivity contribution in [2.45, 2.75) is 55.8 Å². The van der Waals surface area contributed by atoms with Crippen molar-refractivity contribution in [2.24, 2.45) is 0 Å². The molecule has 1 saturated carbocycles. The van der Waals surface area contributed by atoms with Crippen LogP contribution in [0.25, 0.3) is 0 Å². The quantitative estimate of drug-likeness (QED) is 0.430. The van der Waals surface area contributed by atoms with Gasteiger partial charge in [0.15, 0.2) is 6.29 Å². The Morgan fingerprint density at radius 2 is 1.50 bits per heavy atom. The molecule has 0 N–H and O–H groups in total. The van der Waals surface area contributed by atoms with Gasteiger partial charge in [-0.25, -0.2) is 0 Å². The van der Waals surface area contributed by atoms with E-state index in [-0.39, 0.29) is 11.0 Å². The van der Waals surface area contributed by atoms with Crippen LogP contribution in [0.1, 0.15) is 42.7 Å². The van der Waals surface area contributed by atoms with E-state index in [1.54, 1.807) is 38.5 Å². The van der Waals surface area contributed by atoms with Gasteiger partial charge in [-0.1, -0.05) is 29.8 Å². The second kappa shape index (κ2) is 10.4. The molecule has 1 fully saturated rings. The van der Waals surface area contributed by atoms with Gasteiger partial charge in [0, 0.05) is 14.2 Å². The lowest BCUT2D eigenvalue weighted by atomic mass is 9.83. The van der Waals surface area contributed by atoms with Crippen molar-refractivity contribution in [2.75, 3.05) is 20.8 Å². The molecule has 0 saturated heterocycles. The van der Waals surface area contributed by atoms with E-state index in [1.165, 1.54) is 5.56 Å². The van der Waals surface area contributed by atoms with E-state index in [0.29, 0.717) is 12.5 Å². The Kier molecular flexibility index (Phi) is 7.88. The molecule has 0 heterocycles. The van der Waals surface area contributed by atoms with Crippen molar-refractivity contribution in [1.82, 2.24) is 0 Å². The summed E-state index contributed by atoms with van der Waals surface area (Å²) < 4.78 is 46.4. The predicted molar refractivity (Wildman–Crippen MR) is 114 cm³/mol. The van der Waals surface area contributed by atoms with Crippen molar-refractivity contribution in [3.05, 3.63) is 59.7 Å². The molecule has 0 aliphatic heterocycles. The zero-order chi connectivity index (χ0) is 21.6. The fraction of sp³-hybridized carbons (Fsp3) is 0.478. The van der Waals surface area contributed by atoms with Crippen LogP contribution >= 0.6 is 0 Å². The van der Waals surface area contributed by atoms with Gasteiger partial charge in [-0.05, 0) is 68.4 Å². The molecule has 3 rings (SSSR count). The number of rotatable bonds is 9. The van der Waals surface area contributed by atoms with Gasteiger partial charge in [-0.3, -0.25) is 4.18 Å². The predicted octanol–water partition coefficient (Wildman–Crippen LogP) is 4.42. The first-order valence-electron chi connectivity index (χ1n) is 10.2. The summed E-state index contributed by atoms with van der Waals surface area (Å²) in [5, 5.41) is 0. The second-order valence-corrected chi connectivity index (χ2v) is 9.19. The zero-order valence-electron chi connectivity index (χ0n) is 17.7. The van der Waals surface area contributed by atoms with Crippen LogP contribution in [0.4, 0.5) is 0 Å². The number of methoxy groups -OCH3 is 2. The first-order chi connectivity index (χ1) is 14.4. The van der Waals surface area contributed by atoms with Gasteiger partial charge in [-0.2, -0.15) is 8.42 Å². The highest BCUT2D eigenvalue weighted by Crippen LogP contribution is 2.35. The van der Waals surface area contributed by atoms with Gasteiger partial charge < -0.3 is 14.2 Å². The van der Waals surface area contributed by atoms with E-state index >= 15 is 0 Å². The highest BCUT2D eigenvalue weighted by atomic mass is 32.2. The molecule has 0 spiro atoms. The Labute approximate surface area is 179 Å². The van der Waals surface area contributed by atoms with Crippen LogP contribution < -0.4 is 4.74 Å². The molecular weight excluding hydrogens is 404 g/mol. The maximum atomic E-state index is 12.5. The molecule has 1 aliphatic rings. The molecule has 6 nitrogen and oxygen atoms in total. The fourth-order valence-corrected chi connectivity index (χ4v) is 4.80. The van der Waals surface area contributed by atoms with Crippen LogP contribution in [-0.2, 0) is 23.8 Å². The number of aryl methyl sites for hydroxylation is 1. The van der Waals surface area contributed by atoms with Crippen LogP contribution in [0.5, 0.6) is 5.75 Å². The highest BCUT2D eigenvalue weighted by molar-refractivity contribution is 7.86. The topological polar surface area (TPSA) is 71.1 Å². The van der Waals surface area contributed by atoms with Gasteiger partial charge in [0.05, 0.1) is 11.0 Å². The van der Waals surface area contributed by atoms with Crippen LogP contribution in [-0.4, -0.2) is 41.6 Å². The minimum absolute atomic E-state index is 0.218. The molecular formula is C23H30O6S. The Morgan fingerprint density at radius 3 is 2.07 bits per heavy atom. The summed E-state index contributed by atoms with van der Waals surface area (Å²) in [6.45, 7) is 2.25. The van der Waals surface area contributed by atoms with Crippen molar-refractivity contribution >= 4 is 10.1 Å². The molecule has 0 bridgehead atoms. The van der Waals surface area contributed by atoms with E-state index in [2.05, 4.69) is 12.1 Å². The lowest BCUT2D eigenvalue weighted by Gasteiger charge is -2.28. The van der Waals surface area contributed by atoms with E-state index in [4.69, 9.17) is 18.4 Å². The van der Waals surface area contributed by atoms with E-state index < -0.39 is 16.4 Å². The van der Waals surface area contributed by atoms with Gasteiger partial charge >= 0.3 is 0 Å². The van der Waals surface area contributed by atoms with Gasteiger partial charge in [0.2, 0.25) is 0 Å². The minimum atomic E-state index is -3.72. The molecule has 2 aromatic carbocycles. The largest absolute Gasteiger partial charge is 0.488 e. The van der Waals surface area contributed by atoms with E-state index in [0.717, 1.165) is 37.0 Å². The van der Waals surface area contributed by atoms with Crippen molar-refractivity contribution in [3.63, 3.8) is 0 Å². The minimum Gasteiger partial charge on any atom is -0.488 e. The molecule has 0 unspecified atom stereocenters. The van der Waals surface area contributed by atoms with Crippen molar-refractivity contribution in [1.29, 1.82) is 0 Å². The molecule has 0 amide bonds. The third-order valence-electron chi connectivity index (χ3n) is 5.51. The first kappa shape index (κ1) is 22.7. The van der Waals surface area contributed by atoms with Gasteiger partial charge in [-0.15, -0.1) is 0 Å². The summed E-state index contributed by atoms with van der Waals surface area (Å²) in [6, 6.07) is 14.8. The number of ether oxygens (including phenoxy) is 3. The van der Waals surface area contributed by atoms with E-state index in [9.17, 15) is 8.42 Å². The molecule has 2 aromatic rings. The van der Waals surface area contributed by atoms with Crippen LogP contribution in [0.3, 0.4) is 0 Å². The Bertz CT molecular complexity index is 880. The zero-order valence-corrected chi connectivity index (χ0v) is 18.6. The summed E-state index contributed by atoms with van der Waals surface area (Å²) in [5.74, 6) is 1.16. The number of benzene rings is 2. The van der Waals surface area contributed by atoms with Gasteiger partial charge in [0.1, 0.15) is 12.4 Å². The third kappa shape index (κ3) is 6.04. The summed E-state index contributed by atoms with van der Waals surface area (Å²) >= 11 is 0. The lowest BCUT2D eigenvalue weighted by Crippen LogP contribution is -2.24. The average molecular weight is 435 g/mol. The Morgan fingerprint density at radius 1 is 0.900 bits per heavy atom. The number of hydrogen-bond donors (Lipinski definition) is 0. The smallest absolute Gasteiger partial charge is 0.297 e. The Hall–Kier alpha value is -1.93. The molecule has 0 radical (unpaired) electrons. The number of hydrogen-bond acceptors (Lipinski definition) is 6.